The summed E-state index contributed by atoms with van der Waals surface area (Å²) in [5.74, 6) is -0.379. The zero-order chi connectivity index (χ0) is 15.0. The van der Waals surface area contributed by atoms with Crippen LogP contribution in [-0.2, 0) is 11.3 Å². The molecule has 1 aromatic rings. The minimum Gasteiger partial charge on any atom is -0.481 e. The smallest absolute Gasteiger partial charge is 0.307 e. The fourth-order valence-electron chi connectivity index (χ4n) is 2.10. The Balaban J connectivity index is 2.38. The van der Waals surface area contributed by atoms with Crippen molar-refractivity contribution >= 4 is 5.97 Å². The third-order valence-electron chi connectivity index (χ3n) is 3.43. The van der Waals surface area contributed by atoms with Gasteiger partial charge in [0.2, 0.25) is 0 Å². The second kappa shape index (κ2) is 8.74. The van der Waals surface area contributed by atoms with Crippen LogP contribution >= 0.6 is 0 Å². The Morgan fingerprint density at radius 2 is 2.10 bits per heavy atom. The largest absolute Gasteiger partial charge is 0.481 e. The van der Waals surface area contributed by atoms with Crippen LogP contribution in [0, 0.1) is 11.8 Å². The number of aryl methyl sites for hydroxylation is 1. The lowest BCUT2D eigenvalue weighted by Crippen LogP contribution is -2.34. The molecule has 1 heterocycles. The molecule has 0 aromatic carbocycles. The molecule has 0 fully saturated rings. The summed E-state index contributed by atoms with van der Waals surface area (Å²) in [7, 11) is 0. The number of rotatable bonds is 10. The molecule has 0 aliphatic heterocycles. The van der Waals surface area contributed by atoms with Crippen LogP contribution in [0.25, 0.3) is 0 Å². The first-order valence-corrected chi connectivity index (χ1v) is 7.40. The van der Waals surface area contributed by atoms with E-state index in [1.165, 1.54) is 0 Å². The molecule has 0 radical (unpaired) electrons. The number of imidazole rings is 1. The van der Waals surface area contributed by atoms with Crippen molar-refractivity contribution in [2.24, 2.45) is 11.8 Å². The van der Waals surface area contributed by atoms with Crippen molar-refractivity contribution in [2.45, 2.75) is 40.2 Å². The summed E-state index contributed by atoms with van der Waals surface area (Å²) in [4.78, 5) is 17.3. The van der Waals surface area contributed by atoms with Crippen LogP contribution in [-0.4, -0.2) is 45.2 Å². The SMILES string of the molecule is CC(C)CCN(CCCn1ccnc1)CC(C)C(=O)O. The third kappa shape index (κ3) is 6.70. The van der Waals surface area contributed by atoms with Gasteiger partial charge >= 0.3 is 5.97 Å². The fourth-order valence-corrected chi connectivity index (χ4v) is 2.10. The lowest BCUT2D eigenvalue weighted by Gasteiger charge is -2.25. The summed E-state index contributed by atoms with van der Waals surface area (Å²) < 4.78 is 2.06. The van der Waals surface area contributed by atoms with Crippen molar-refractivity contribution in [3.63, 3.8) is 0 Å². The highest BCUT2D eigenvalue weighted by molar-refractivity contribution is 5.69. The summed E-state index contributed by atoms with van der Waals surface area (Å²) in [5.41, 5.74) is 0. The first-order valence-electron chi connectivity index (χ1n) is 7.40. The molecular weight excluding hydrogens is 254 g/mol. The summed E-state index contributed by atoms with van der Waals surface area (Å²) >= 11 is 0. The minimum atomic E-state index is -0.714. The van der Waals surface area contributed by atoms with Crippen LogP contribution in [0.15, 0.2) is 18.7 Å². The highest BCUT2D eigenvalue weighted by Crippen LogP contribution is 2.07. The molecule has 0 saturated carbocycles. The van der Waals surface area contributed by atoms with Crippen molar-refractivity contribution < 1.29 is 9.90 Å². The van der Waals surface area contributed by atoms with E-state index in [2.05, 4.69) is 28.3 Å². The van der Waals surface area contributed by atoms with Gasteiger partial charge in [-0.3, -0.25) is 4.79 Å². The molecule has 0 amide bonds. The van der Waals surface area contributed by atoms with Crippen molar-refractivity contribution in [1.82, 2.24) is 14.5 Å². The van der Waals surface area contributed by atoms with E-state index in [1.807, 2.05) is 12.5 Å². The zero-order valence-corrected chi connectivity index (χ0v) is 12.8. The lowest BCUT2D eigenvalue weighted by atomic mass is 10.1. The molecule has 20 heavy (non-hydrogen) atoms. The lowest BCUT2D eigenvalue weighted by molar-refractivity contribution is -0.141. The quantitative estimate of drug-likeness (QED) is 0.715. The molecule has 1 aromatic heterocycles. The zero-order valence-electron chi connectivity index (χ0n) is 12.8. The van der Waals surface area contributed by atoms with E-state index >= 15 is 0 Å². The highest BCUT2D eigenvalue weighted by atomic mass is 16.4. The molecule has 5 heteroatoms. The number of nitrogens with zero attached hydrogens (tertiary/aromatic N) is 3. The number of carboxylic acids is 1. The van der Waals surface area contributed by atoms with Gasteiger partial charge in [-0.05, 0) is 31.8 Å². The number of hydrogen-bond acceptors (Lipinski definition) is 3. The molecule has 0 aliphatic carbocycles. The molecule has 1 atom stereocenters. The average molecular weight is 281 g/mol. The maximum absolute atomic E-state index is 11.0. The van der Waals surface area contributed by atoms with E-state index < -0.39 is 5.97 Å². The third-order valence-corrected chi connectivity index (χ3v) is 3.43. The molecule has 0 saturated heterocycles. The Kier molecular flexibility index (Phi) is 7.30. The van der Waals surface area contributed by atoms with Gasteiger partial charge in [-0.2, -0.15) is 0 Å². The normalized spacial score (nSPS) is 13.1. The number of hydrogen-bond donors (Lipinski definition) is 1. The molecule has 114 valence electrons. The summed E-state index contributed by atoms with van der Waals surface area (Å²) in [6.45, 7) is 9.64. The van der Waals surface area contributed by atoms with Crippen LogP contribution in [0.3, 0.4) is 0 Å². The van der Waals surface area contributed by atoms with Crippen LogP contribution < -0.4 is 0 Å². The van der Waals surface area contributed by atoms with Gasteiger partial charge in [-0.1, -0.05) is 20.8 Å². The Hall–Kier alpha value is -1.36. The predicted molar refractivity (Wildman–Crippen MR) is 79.5 cm³/mol. The minimum absolute atomic E-state index is 0.310. The molecule has 0 spiro atoms. The Morgan fingerprint density at radius 3 is 2.65 bits per heavy atom. The van der Waals surface area contributed by atoms with Crippen molar-refractivity contribution in [3.05, 3.63) is 18.7 Å². The van der Waals surface area contributed by atoms with E-state index in [0.29, 0.717) is 12.5 Å². The van der Waals surface area contributed by atoms with E-state index in [1.54, 1.807) is 13.1 Å². The summed E-state index contributed by atoms with van der Waals surface area (Å²) in [6.07, 6.45) is 7.68. The van der Waals surface area contributed by atoms with E-state index in [9.17, 15) is 4.79 Å². The summed E-state index contributed by atoms with van der Waals surface area (Å²) in [5, 5.41) is 9.04. The average Bonchev–Trinajstić information content (AvgIpc) is 2.88. The second-order valence-electron chi connectivity index (χ2n) is 5.88. The van der Waals surface area contributed by atoms with Crippen molar-refractivity contribution in [2.75, 3.05) is 19.6 Å². The van der Waals surface area contributed by atoms with Gasteiger partial charge in [0.15, 0.2) is 0 Å². The topological polar surface area (TPSA) is 58.4 Å². The van der Waals surface area contributed by atoms with Crippen LogP contribution in [0.1, 0.15) is 33.6 Å². The van der Waals surface area contributed by atoms with Gasteiger partial charge < -0.3 is 14.6 Å². The maximum atomic E-state index is 11.0. The molecule has 5 nitrogen and oxygen atoms in total. The first kappa shape index (κ1) is 16.7. The summed E-state index contributed by atoms with van der Waals surface area (Å²) in [6, 6.07) is 0. The fraction of sp³-hybridized carbons (Fsp3) is 0.733. The van der Waals surface area contributed by atoms with Gasteiger partial charge in [-0.25, -0.2) is 4.98 Å². The van der Waals surface area contributed by atoms with Crippen LogP contribution in [0.2, 0.25) is 0 Å². The van der Waals surface area contributed by atoms with Gasteiger partial charge in [0.1, 0.15) is 0 Å². The number of carboxylic acid groups (broad SMARTS) is 1. The first-order chi connectivity index (χ1) is 9.49. The Bertz CT molecular complexity index is 376. The second-order valence-corrected chi connectivity index (χ2v) is 5.88. The Morgan fingerprint density at radius 1 is 1.35 bits per heavy atom. The van der Waals surface area contributed by atoms with E-state index in [-0.39, 0.29) is 5.92 Å². The number of aromatic nitrogens is 2. The monoisotopic (exact) mass is 281 g/mol. The van der Waals surface area contributed by atoms with Gasteiger partial charge in [0, 0.05) is 25.5 Å². The standard InChI is InChI=1S/C15H27N3O2/c1-13(2)5-9-17(11-14(3)15(19)20)7-4-8-18-10-6-16-12-18/h6,10,12-14H,4-5,7-9,11H2,1-3H3,(H,19,20). The molecule has 0 aliphatic rings. The van der Waals surface area contributed by atoms with Crippen molar-refractivity contribution in [1.29, 1.82) is 0 Å². The van der Waals surface area contributed by atoms with Crippen LogP contribution in [0.4, 0.5) is 0 Å². The molecule has 1 N–H and O–H groups in total. The van der Waals surface area contributed by atoms with E-state index in [0.717, 1.165) is 32.5 Å². The molecule has 1 unspecified atom stereocenters. The highest BCUT2D eigenvalue weighted by Gasteiger charge is 2.16. The van der Waals surface area contributed by atoms with Gasteiger partial charge in [0.25, 0.3) is 0 Å². The molecule has 0 bridgehead atoms. The molecule has 1 rings (SSSR count). The van der Waals surface area contributed by atoms with Gasteiger partial charge in [-0.15, -0.1) is 0 Å². The van der Waals surface area contributed by atoms with Gasteiger partial charge in [0.05, 0.1) is 12.2 Å². The Labute approximate surface area is 121 Å². The number of carbonyl (C=O) groups is 1. The van der Waals surface area contributed by atoms with E-state index in [4.69, 9.17) is 5.11 Å². The van der Waals surface area contributed by atoms with Crippen LogP contribution in [0.5, 0.6) is 0 Å². The van der Waals surface area contributed by atoms with Crippen molar-refractivity contribution in [3.8, 4) is 0 Å². The predicted octanol–water partition coefficient (Wildman–Crippen LogP) is 2.34. The number of aliphatic carboxylic acids is 1. The molecular formula is C15H27N3O2. The maximum Gasteiger partial charge on any atom is 0.307 e.